The quantitative estimate of drug-likeness (QED) is 0.911. The van der Waals surface area contributed by atoms with Crippen LogP contribution in [0.5, 0.6) is 5.75 Å². The lowest BCUT2D eigenvalue weighted by atomic mass is 10.2. The van der Waals surface area contributed by atoms with Crippen molar-refractivity contribution in [1.82, 2.24) is 10.2 Å². The Morgan fingerprint density at radius 2 is 2.05 bits per heavy atom. The van der Waals surface area contributed by atoms with Gasteiger partial charge in [0.1, 0.15) is 5.01 Å². The highest BCUT2D eigenvalue weighted by Crippen LogP contribution is 2.26. The highest BCUT2D eigenvalue weighted by atomic mass is 32.2. The van der Waals surface area contributed by atoms with E-state index in [2.05, 4.69) is 14.9 Å². The summed E-state index contributed by atoms with van der Waals surface area (Å²) in [6.45, 7) is 3.86. The fourth-order valence-electron chi connectivity index (χ4n) is 1.50. The van der Waals surface area contributed by atoms with Crippen molar-refractivity contribution in [3.05, 3.63) is 29.0 Å². The third kappa shape index (κ3) is 3.48. The summed E-state index contributed by atoms with van der Waals surface area (Å²) in [6, 6.07) is 3.41. The van der Waals surface area contributed by atoms with Crippen LogP contribution in [0.4, 0.5) is 9.52 Å². The van der Waals surface area contributed by atoms with E-state index in [0.29, 0.717) is 5.01 Å². The van der Waals surface area contributed by atoms with Gasteiger partial charge in [-0.25, -0.2) is 12.8 Å². The Bertz CT molecular complexity index is 744. The van der Waals surface area contributed by atoms with Gasteiger partial charge in [-0.2, -0.15) is 0 Å². The number of aromatic nitrogens is 2. The van der Waals surface area contributed by atoms with E-state index in [0.717, 1.165) is 17.4 Å². The maximum absolute atomic E-state index is 13.6. The van der Waals surface area contributed by atoms with Gasteiger partial charge in [-0.1, -0.05) is 25.2 Å². The van der Waals surface area contributed by atoms with Crippen LogP contribution >= 0.6 is 11.3 Å². The number of hydrogen-bond acceptors (Lipinski definition) is 6. The van der Waals surface area contributed by atoms with Gasteiger partial charge in [0.2, 0.25) is 5.13 Å². The molecule has 0 spiro atoms. The molecule has 1 heterocycles. The molecule has 114 valence electrons. The number of rotatable bonds is 5. The van der Waals surface area contributed by atoms with E-state index < -0.39 is 15.8 Å². The van der Waals surface area contributed by atoms with Gasteiger partial charge in [-0.15, -0.1) is 10.2 Å². The fourth-order valence-corrected chi connectivity index (χ4v) is 3.48. The first-order chi connectivity index (χ1) is 9.83. The first-order valence-corrected chi connectivity index (χ1v) is 8.33. The molecular formula is C12H14FN3O3S2. The number of nitrogens with one attached hydrogen (secondary N) is 1. The minimum Gasteiger partial charge on any atom is -0.494 e. The zero-order chi connectivity index (χ0) is 15.6. The Labute approximate surface area is 126 Å². The Balaban J connectivity index is 2.27. The van der Waals surface area contributed by atoms with E-state index >= 15 is 0 Å². The number of hydrogen-bond donors (Lipinski definition) is 1. The molecule has 1 N–H and O–H groups in total. The van der Waals surface area contributed by atoms with Crippen LogP contribution in [0.15, 0.2) is 23.1 Å². The molecule has 0 unspecified atom stereocenters. The van der Waals surface area contributed by atoms with Crippen LogP contribution in [-0.2, 0) is 10.0 Å². The largest absolute Gasteiger partial charge is 0.494 e. The molecule has 0 aliphatic rings. The van der Waals surface area contributed by atoms with E-state index in [-0.39, 0.29) is 21.7 Å². The molecule has 0 saturated heterocycles. The molecule has 0 saturated carbocycles. The zero-order valence-corrected chi connectivity index (χ0v) is 13.3. The average molecular weight is 331 g/mol. The second-order valence-corrected chi connectivity index (χ2v) is 7.19. The molecule has 1 aromatic carbocycles. The van der Waals surface area contributed by atoms with Gasteiger partial charge < -0.3 is 4.74 Å². The average Bonchev–Trinajstić information content (AvgIpc) is 2.86. The second-order valence-electron chi connectivity index (χ2n) is 4.50. The Hall–Kier alpha value is -1.74. The lowest BCUT2D eigenvalue weighted by Gasteiger charge is -2.06. The van der Waals surface area contributed by atoms with Crippen LogP contribution in [0.1, 0.15) is 24.8 Å². The SMILES string of the molecule is COc1ccc(S(=O)(=O)Nc2nnc(C(C)C)s2)cc1F. The van der Waals surface area contributed by atoms with Crippen molar-refractivity contribution in [2.45, 2.75) is 24.7 Å². The second kappa shape index (κ2) is 5.94. The zero-order valence-electron chi connectivity index (χ0n) is 11.6. The van der Waals surface area contributed by atoms with Gasteiger partial charge in [0.15, 0.2) is 11.6 Å². The monoisotopic (exact) mass is 331 g/mol. The van der Waals surface area contributed by atoms with E-state index in [1.807, 2.05) is 13.8 Å². The number of halogens is 1. The third-order valence-electron chi connectivity index (χ3n) is 2.59. The lowest BCUT2D eigenvalue weighted by Crippen LogP contribution is -2.13. The van der Waals surface area contributed by atoms with Crippen molar-refractivity contribution in [3.8, 4) is 5.75 Å². The maximum Gasteiger partial charge on any atom is 0.263 e. The summed E-state index contributed by atoms with van der Waals surface area (Å²) in [7, 11) is -2.61. The number of anilines is 1. The lowest BCUT2D eigenvalue weighted by molar-refractivity contribution is 0.385. The van der Waals surface area contributed by atoms with E-state index in [9.17, 15) is 12.8 Å². The molecule has 0 fully saturated rings. The molecule has 9 heteroatoms. The van der Waals surface area contributed by atoms with Crippen LogP contribution in [-0.4, -0.2) is 25.7 Å². The van der Waals surface area contributed by atoms with Crippen LogP contribution in [0.25, 0.3) is 0 Å². The van der Waals surface area contributed by atoms with Gasteiger partial charge in [0.05, 0.1) is 12.0 Å². The summed E-state index contributed by atoms with van der Waals surface area (Å²) >= 11 is 1.14. The molecule has 2 aromatic rings. The fraction of sp³-hybridized carbons (Fsp3) is 0.333. The molecule has 0 bridgehead atoms. The summed E-state index contributed by atoms with van der Waals surface area (Å²) in [5, 5.41) is 8.51. The van der Waals surface area contributed by atoms with Crippen molar-refractivity contribution < 1.29 is 17.5 Å². The van der Waals surface area contributed by atoms with E-state index in [4.69, 9.17) is 4.74 Å². The minimum absolute atomic E-state index is 0.0213. The molecule has 0 atom stereocenters. The van der Waals surface area contributed by atoms with Crippen LogP contribution in [0, 0.1) is 5.82 Å². The Morgan fingerprint density at radius 1 is 1.33 bits per heavy atom. The van der Waals surface area contributed by atoms with Crippen molar-refractivity contribution in [1.29, 1.82) is 0 Å². The van der Waals surface area contributed by atoms with E-state index in [1.165, 1.54) is 19.2 Å². The summed E-state index contributed by atoms with van der Waals surface area (Å²) < 4.78 is 44.9. The molecule has 6 nitrogen and oxygen atoms in total. The topological polar surface area (TPSA) is 81.2 Å². The molecule has 0 amide bonds. The summed E-state index contributed by atoms with van der Waals surface area (Å²) in [5.41, 5.74) is 0. The molecular weight excluding hydrogens is 317 g/mol. The Kier molecular flexibility index (Phi) is 4.43. The third-order valence-corrected chi connectivity index (χ3v) is 5.19. The van der Waals surface area contributed by atoms with Crippen LogP contribution in [0.2, 0.25) is 0 Å². The summed E-state index contributed by atoms with van der Waals surface area (Å²) in [6.07, 6.45) is 0. The van der Waals surface area contributed by atoms with Gasteiger partial charge in [-0.05, 0) is 18.2 Å². The number of ether oxygens (including phenoxy) is 1. The molecule has 0 aliphatic heterocycles. The van der Waals surface area contributed by atoms with Gasteiger partial charge >= 0.3 is 0 Å². The van der Waals surface area contributed by atoms with Crippen molar-refractivity contribution >= 4 is 26.5 Å². The first kappa shape index (κ1) is 15.6. The van der Waals surface area contributed by atoms with Gasteiger partial charge in [-0.3, -0.25) is 4.72 Å². The highest BCUT2D eigenvalue weighted by molar-refractivity contribution is 7.93. The predicted octanol–water partition coefficient (Wildman–Crippen LogP) is 2.61. The summed E-state index contributed by atoms with van der Waals surface area (Å²) in [5.74, 6) is -0.619. The van der Waals surface area contributed by atoms with E-state index in [1.54, 1.807) is 0 Å². The molecule has 21 heavy (non-hydrogen) atoms. The number of methoxy groups -OCH3 is 1. The minimum atomic E-state index is -3.91. The van der Waals surface area contributed by atoms with Crippen molar-refractivity contribution in [2.75, 3.05) is 11.8 Å². The molecule has 2 rings (SSSR count). The first-order valence-electron chi connectivity index (χ1n) is 6.03. The van der Waals surface area contributed by atoms with Gasteiger partial charge in [0, 0.05) is 5.92 Å². The van der Waals surface area contributed by atoms with Gasteiger partial charge in [0.25, 0.3) is 10.0 Å². The standard InChI is InChI=1S/C12H14FN3O3S2/c1-7(2)11-14-15-12(20-11)16-21(17,18)8-4-5-10(19-3)9(13)6-8/h4-7H,1-3H3,(H,15,16). The number of benzene rings is 1. The summed E-state index contributed by atoms with van der Waals surface area (Å²) in [4.78, 5) is -0.206. The predicted molar refractivity (Wildman–Crippen MR) is 77.8 cm³/mol. The number of nitrogens with zero attached hydrogens (tertiary/aromatic N) is 2. The molecule has 0 radical (unpaired) electrons. The van der Waals surface area contributed by atoms with Crippen LogP contribution in [0.3, 0.4) is 0 Å². The smallest absolute Gasteiger partial charge is 0.263 e. The molecule has 1 aromatic heterocycles. The normalized spacial score (nSPS) is 11.7. The maximum atomic E-state index is 13.6. The van der Waals surface area contributed by atoms with Crippen LogP contribution < -0.4 is 9.46 Å². The Morgan fingerprint density at radius 3 is 2.57 bits per heavy atom. The van der Waals surface area contributed by atoms with Crippen molar-refractivity contribution in [3.63, 3.8) is 0 Å². The number of sulfonamides is 1. The van der Waals surface area contributed by atoms with Crippen molar-refractivity contribution in [2.24, 2.45) is 0 Å². The highest BCUT2D eigenvalue weighted by Gasteiger charge is 2.19. The molecule has 0 aliphatic carbocycles.